The average Bonchev–Trinajstić information content (AvgIpc) is 3.43. The average molecular weight is 635 g/mol. The highest BCUT2D eigenvalue weighted by Gasteiger charge is 2.29. The molecule has 15 heteroatoms. The highest BCUT2D eigenvalue weighted by atomic mass is 35.5. The van der Waals surface area contributed by atoms with Gasteiger partial charge in [0.25, 0.3) is 0 Å². The fourth-order valence-electron chi connectivity index (χ4n) is 4.22. The Hall–Kier alpha value is -4.27. The monoisotopic (exact) mass is 634 g/mol. The zero-order valence-electron chi connectivity index (χ0n) is 22.2. The normalized spacial score (nSPS) is 13.5. The Balaban J connectivity index is 0.00000484. The predicted octanol–water partition coefficient (Wildman–Crippen LogP) is 1.40. The van der Waals surface area contributed by atoms with Crippen LogP contribution in [0.1, 0.15) is 18.4 Å². The van der Waals surface area contributed by atoms with Crippen LogP contribution in [-0.2, 0) is 25.7 Å². The van der Waals surface area contributed by atoms with E-state index in [9.17, 15) is 29.4 Å². The van der Waals surface area contributed by atoms with Gasteiger partial charge in [0.15, 0.2) is 15.2 Å². The summed E-state index contributed by atoms with van der Waals surface area (Å²) in [6, 6.07) is 10.6. The van der Waals surface area contributed by atoms with Gasteiger partial charge in [-0.15, -0.1) is 0 Å². The number of nitrogens with one attached hydrogen (secondary N) is 2. The molecule has 1 aliphatic heterocycles. The lowest BCUT2D eigenvalue weighted by molar-refractivity contribution is -0.138. The first-order valence-electron chi connectivity index (χ1n) is 12.3. The fourth-order valence-corrected chi connectivity index (χ4v) is 6.44. The SMILES string of the molecule is CC(CC=C[c+]1sc2ccc(NCC(=O)O)cc2n1CC(=O)O)=C1Sc2ccc(NCC(=O)O)cc2N1CC(=O)O.[Cl-]. The van der Waals surface area contributed by atoms with Crippen molar-refractivity contribution < 1.29 is 52.0 Å². The number of hydrogen-bond donors (Lipinski definition) is 6. The van der Waals surface area contributed by atoms with Crippen molar-refractivity contribution in [3.63, 3.8) is 0 Å². The fraction of sp³-hybridized carbons (Fsp3) is 0.222. The van der Waals surface area contributed by atoms with Crippen molar-refractivity contribution in [1.82, 2.24) is 4.57 Å². The van der Waals surface area contributed by atoms with Crippen LogP contribution in [0.15, 0.2) is 58.0 Å². The Morgan fingerprint density at radius 2 is 1.50 bits per heavy atom. The van der Waals surface area contributed by atoms with Crippen LogP contribution in [0, 0.1) is 0 Å². The number of halogens is 1. The number of hydrogen-bond acceptors (Lipinski definition) is 9. The van der Waals surface area contributed by atoms with E-state index >= 15 is 0 Å². The van der Waals surface area contributed by atoms with Crippen LogP contribution in [0.4, 0.5) is 17.1 Å². The Bertz CT molecular complexity index is 1600. The number of aliphatic carboxylic acids is 4. The van der Waals surface area contributed by atoms with Gasteiger partial charge in [-0.2, -0.15) is 0 Å². The van der Waals surface area contributed by atoms with Crippen LogP contribution in [-0.4, -0.2) is 68.5 Å². The van der Waals surface area contributed by atoms with E-state index < -0.39 is 23.9 Å². The van der Waals surface area contributed by atoms with Gasteiger partial charge in [-0.1, -0.05) is 11.8 Å². The predicted molar refractivity (Wildman–Crippen MR) is 158 cm³/mol. The van der Waals surface area contributed by atoms with Crippen LogP contribution in [0.5, 0.6) is 0 Å². The van der Waals surface area contributed by atoms with Crippen LogP contribution >= 0.6 is 23.1 Å². The molecule has 12 nitrogen and oxygen atoms in total. The highest BCUT2D eigenvalue weighted by molar-refractivity contribution is 8.03. The van der Waals surface area contributed by atoms with E-state index in [1.807, 2.05) is 31.2 Å². The van der Waals surface area contributed by atoms with Crippen molar-refractivity contribution >= 4 is 80.3 Å². The first-order chi connectivity index (χ1) is 19.5. The van der Waals surface area contributed by atoms with Crippen LogP contribution in [0.3, 0.4) is 0 Å². The molecular weight excluding hydrogens is 608 g/mol. The van der Waals surface area contributed by atoms with Crippen molar-refractivity contribution in [2.45, 2.75) is 24.8 Å². The molecule has 0 radical (unpaired) electrons. The number of anilines is 3. The number of allylic oxidation sites excluding steroid dienone is 2. The topological polar surface area (TPSA) is 181 Å². The van der Waals surface area contributed by atoms with Crippen molar-refractivity contribution in [2.24, 2.45) is 0 Å². The van der Waals surface area contributed by atoms with Gasteiger partial charge in [0.2, 0.25) is 0 Å². The lowest BCUT2D eigenvalue weighted by Crippen LogP contribution is -3.00. The van der Waals surface area contributed by atoms with E-state index in [2.05, 4.69) is 10.6 Å². The van der Waals surface area contributed by atoms with Gasteiger partial charge in [0.1, 0.15) is 26.2 Å². The molecule has 0 aliphatic carbocycles. The minimum atomic E-state index is -1.02. The summed E-state index contributed by atoms with van der Waals surface area (Å²) >= 11 is 2.83. The number of carboxylic acid groups (broad SMARTS) is 4. The van der Waals surface area contributed by atoms with Gasteiger partial charge in [-0.25, -0.2) is 4.57 Å². The minimum absolute atomic E-state index is 0. The van der Waals surface area contributed by atoms with Crippen LogP contribution in [0.25, 0.3) is 16.3 Å². The van der Waals surface area contributed by atoms with Gasteiger partial charge in [0, 0.05) is 34.8 Å². The number of aromatic nitrogens is 1. The molecule has 222 valence electrons. The second-order valence-electron chi connectivity index (χ2n) is 9.05. The van der Waals surface area contributed by atoms with Gasteiger partial charge in [0.05, 0.1) is 16.8 Å². The molecule has 0 saturated heterocycles. The molecule has 4 rings (SSSR count). The Kier molecular flexibility index (Phi) is 10.8. The molecule has 0 atom stereocenters. The molecule has 0 amide bonds. The zero-order valence-corrected chi connectivity index (χ0v) is 24.6. The largest absolute Gasteiger partial charge is 1.00 e. The Labute approximate surface area is 254 Å². The third kappa shape index (κ3) is 7.93. The number of rotatable bonds is 13. The molecule has 42 heavy (non-hydrogen) atoms. The Morgan fingerprint density at radius 1 is 0.881 bits per heavy atom. The van der Waals surface area contributed by atoms with Crippen molar-refractivity contribution in [1.29, 1.82) is 0 Å². The van der Waals surface area contributed by atoms with Crippen molar-refractivity contribution in [3.8, 4) is 0 Å². The van der Waals surface area contributed by atoms with E-state index in [0.29, 0.717) is 34.0 Å². The third-order valence-corrected chi connectivity index (χ3v) is 8.41. The van der Waals surface area contributed by atoms with Crippen LogP contribution < -0.4 is 27.9 Å². The van der Waals surface area contributed by atoms with Gasteiger partial charge in [-0.3, -0.25) is 19.2 Å². The van der Waals surface area contributed by atoms with E-state index in [4.69, 9.17) is 10.2 Å². The van der Waals surface area contributed by atoms with Crippen molar-refractivity contribution in [3.05, 3.63) is 58.1 Å². The summed E-state index contributed by atoms with van der Waals surface area (Å²) in [6.07, 6.45) is 4.17. The summed E-state index contributed by atoms with van der Waals surface area (Å²) < 4.78 is 2.49. The standard InChI is InChI=1S/C27H26N4O8S2.ClH/c1-15(27-31(14-26(38)39)19-10-17(29-12-24(34)35)6-8-21(19)41-27)3-2-4-22-30(13-25(36)37)18-9-16(28-11-23(32)33)5-7-20(18)40-22;/h2,4-10,28-29H,3,11-14H2,1H3,(H3-,32,33,34,35,36,37,38,39);1H. The van der Waals surface area contributed by atoms with Gasteiger partial charge in [-0.05, 0) is 54.2 Å². The maximum Gasteiger partial charge on any atom is 0.325 e. The summed E-state index contributed by atoms with van der Waals surface area (Å²) in [5, 5.41) is 44.0. The third-order valence-electron chi connectivity index (χ3n) is 5.96. The minimum Gasteiger partial charge on any atom is -1.00 e. The molecule has 2 aromatic carbocycles. The molecular formula is C27H27ClN4O8S2. The molecule has 0 unspecified atom stereocenters. The van der Waals surface area contributed by atoms with E-state index in [1.54, 1.807) is 33.7 Å². The van der Waals surface area contributed by atoms with E-state index in [0.717, 1.165) is 20.2 Å². The summed E-state index contributed by atoms with van der Waals surface area (Å²) in [5.74, 6) is -4.06. The molecule has 0 spiro atoms. The number of nitrogens with zero attached hydrogens (tertiary/aromatic N) is 2. The maximum atomic E-state index is 11.7. The quantitative estimate of drug-likeness (QED) is 0.149. The highest BCUT2D eigenvalue weighted by Crippen LogP contribution is 2.48. The molecule has 1 aromatic heterocycles. The second kappa shape index (κ2) is 14.1. The Morgan fingerprint density at radius 3 is 2.12 bits per heavy atom. The maximum absolute atomic E-state index is 11.7. The molecule has 0 bridgehead atoms. The smallest absolute Gasteiger partial charge is 0.325 e. The lowest BCUT2D eigenvalue weighted by Gasteiger charge is -2.20. The zero-order chi connectivity index (χ0) is 29.7. The van der Waals surface area contributed by atoms with Gasteiger partial charge >= 0.3 is 23.9 Å². The summed E-state index contributed by atoms with van der Waals surface area (Å²) in [7, 11) is 0. The number of thiazole rings is 1. The summed E-state index contributed by atoms with van der Waals surface area (Å²) in [4.78, 5) is 47.7. The van der Waals surface area contributed by atoms with Gasteiger partial charge < -0.3 is 48.4 Å². The number of carbonyl (C=O) groups is 4. The number of thioether (sulfide) groups is 1. The number of fused-ring (bicyclic) bond motifs is 2. The molecule has 6 N–H and O–H groups in total. The first-order valence-corrected chi connectivity index (χ1v) is 13.9. The van der Waals surface area contributed by atoms with E-state index in [1.165, 1.54) is 23.1 Å². The molecule has 2 heterocycles. The summed E-state index contributed by atoms with van der Waals surface area (Å²) in [5.41, 5.74) is 3.35. The lowest BCUT2D eigenvalue weighted by atomic mass is 10.2. The molecule has 0 fully saturated rings. The second-order valence-corrected chi connectivity index (χ2v) is 11.1. The summed E-state index contributed by atoms with van der Waals surface area (Å²) in [6.45, 7) is 0.810. The molecule has 3 aromatic rings. The van der Waals surface area contributed by atoms with Crippen LogP contribution in [0.2, 0.25) is 0 Å². The molecule has 0 saturated carbocycles. The first kappa shape index (κ1) is 32.2. The number of carboxylic acids is 4. The molecule has 1 aliphatic rings. The number of benzene rings is 2. The van der Waals surface area contributed by atoms with Crippen molar-refractivity contribution in [2.75, 3.05) is 35.2 Å². The van der Waals surface area contributed by atoms with E-state index in [-0.39, 0.29) is 38.6 Å².